The molecule has 3 N–H and O–H groups in total. The molecule has 1 unspecified atom stereocenters. The molecule has 0 spiro atoms. The Morgan fingerprint density at radius 3 is 2.53 bits per heavy atom. The van der Waals surface area contributed by atoms with Gasteiger partial charge in [-0.05, 0) is 12.1 Å². The van der Waals surface area contributed by atoms with Crippen molar-refractivity contribution in [3.8, 4) is 5.75 Å². The lowest BCUT2D eigenvalue weighted by molar-refractivity contribution is -0.274. The first-order valence-electron chi connectivity index (χ1n) is 4.72. The van der Waals surface area contributed by atoms with E-state index in [0.717, 1.165) is 6.07 Å². The number of rotatable bonds is 4. The molecule has 108 valence electrons. The number of ether oxygens (including phenoxy) is 1. The second-order valence-electron chi connectivity index (χ2n) is 3.40. The number of carboxylic acids is 1. The highest BCUT2D eigenvalue weighted by Gasteiger charge is 2.33. The third-order valence-corrected chi connectivity index (χ3v) is 2.33. The summed E-state index contributed by atoms with van der Waals surface area (Å²) in [6.07, 6.45) is -5.46. The van der Waals surface area contributed by atoms with Gasteiger partial charge in [0.25, 0.3) is 0 Å². The van der Waals surface area contributed by atoms with Gasteiger partial charge in [0.2, 0.25) is 0 Å². The van der Waals surface area contributed by atoms with Gasteiger partial charge in [0, 0.05) is 16.6 Å². The van der Waals surface area contributed by atoms with Gasteiger partial charge in [-0.25, -0.2) is 0 Å². The maximum absolute atomic E-state index is 12.2. The number of benzene rings is 1. The molecule has 9 heteroatoms. The first-order valence-corrected chi connectivity index (χ1v) is 5.10. The fourth-order valence-electron chi connectivity index (χ4n) is 1.38. The zero-order chi connectivity index (χ0) is 13.9. The van der Waals surface area contributed by atoms with E-state index >= 15 is 0 Å². The van der Waals surface area contributed by atoms with Gasteiger partial charge in [-0.15, -0.1) is 25.6 Å². The Bertz CT molecular complexity index is 454. The van der Waals surface area contributed by atoms with Crippen LogP contribution in [0.3, 0.4) is 0 Å². The van der Waals surface area contributed by atoms with E-state index in [1.807, 2.05) is 0 Å². The lowest BCUT2D eigenvalue weighted by Crippen LogP contribution is -2.21. The highest BCUT2D eigenvalue weighted by molar-refractivity contribution is 6.31. The zero-order valence-corrected chi connectivity index (χ0v) is 10.9. The van der Waals surface area contributed by atoms with E-state index in [-0.39, 0.29) is 23.0 Å². The molecule has 0 aliphatic carbocycles. The van der Waals surface area contributed by atoms with E-state index < -0.39 is 30.5 Å². The van der Waals surface area contributed by atoms with Gasteiger partial charge in [-0.1, -0.05) is 17.7 Å². The second-order valence-corrected chi connectivity index (χ2v) is 3.81. The molecule has 1 aromatic rings. The SMILES string of the molecule is Cl.NC(CC(=O)O)c1c(Cl)cccc1OC(F)(F)F. The van der Waals surface area contributed by atoms with Crippen LogP contribution in [0.15, 0.2) is 18.2 Å². The number of nitrogens with two attached hydrogens (primary N) is 1. The molecule has 0 fully saturated rings. The summed E-state index contributed by atoms with van der Waals surface area (Å²) in [6.45, 7) is 0. The average molecular weight is 320 g/mol. The summed E-state index contributed by atoms with van der Waals surface area (Å²) in [5.74, 6) is -1.84. The summed E-state index contributed by atoms with van der Waals surface area (Å²) in [7, 11) is 0. The normalized spacial score (nSPS) is 12.5. The summed E-state index contributed by atoms with van der Waals surface area (Å²) in [5, 5.41) is 8.50. The van der Waals surface area contributed by atoms with Crippen molar-refractivity contribution in [2.75, 3.05) is 0 Å². The van der Waals surface area contributed by atoms with Gasteiger partial charge < -0.3 is 15.6 Å². The van der Waals surface area contributed by atoms with Crippen LogP contribution < -0.4 is 10.5 Å². The molecule has 0 aliphatic rings. The summed E-state index contributed by atoms with van der Waals surface area (Å²) in [4.78, 5) is 10.5. The molecule has 1 rings (SSSR count). The summed E-state index contributed by atoms with van der Waals surface area (Å²) < 4.78 is 40.2. The van der Waals surface area contributed by atoms with Crippen LogP contribution in [0.25, 0.3) is 0 Å². The highest BCUT2D eigenvalue weighted by atomic mass is 35.5. The molecule has 19 heavy (non-hydrogen) atoms. The average Bonchev–Trinajstić information content (AvgIpc) is 2.13. The number of hydrogen-bond donors (Lipinski definition) is 2. The molecule has 4 nitrogen and oxygen atoms in total. The van der Waals surface area contributed by atoms with Crippen LogP contribution in [0, 0.1) is 0 Å². The number of aliphatic carboxylic acids is 1. The number of carbonyl (C=O) groups is 1. The van der Waals surface area contributed by atoms with E-state index in [2.05, 4.69) is 4.74 Å². The van der Waals surface area contributed by atoms with Crippen LogP contribution in [0.4, 0.5) is 13.2 Å². The van der Waals surface area contributed by atoms with Crippen LogP contribution in [-0.2, 0) is 4.79 Å². The Morgan fingerprint density at radius 2 is 2.05 bits per heavy atom. The van der Waals surface area contributed by atoms with E-state index in [0.29, 0.717) is 0 Å². The van der Waals surface area contributed by atoms with Crippen molar-refractivity contribution in [3.63, 3.8) is 0 Å². The lowest BCUT2D eigenvalue weighted by Gasteiger charge is -2.18. The van der Waals surface area contributed by atoms with E-state index in [1.165, 1.54) is 12.1 Å². The largest absolute Gasteiger partial charge is 0.573 e. The number of hydrogen-bond acceptors (Lipinski definition) is 3. The van der Waals surface area contributed by atoms with Crippen molar-refractivity contribution in [3.05, 3.63) is 28.8 Å². The van der Waals surface area contributed by atoms with Crippen molar-refractivity contribution in [2.45, 2.75) is 18.8 Å². The Kier molecular flexibility index (Phi) is 6.41. The van der Waals surface area contributed by atoms with E-state index in [4.69, 9.17) is 22.4 Å². The number of carboxylic acid groups (broad SMARTS) is 1. The minimum absolute atomic E-state index is 0. The molecule has 0 heterocycles. The van der Waals surface area contributed by atoms with Crippen molar-refractivity contribution in [2.24, 2.45) is 5.73 Å². The third-order valence-electron chi connectivity index (χ3n) is 2.00. The summed E-state index contributed by atoms with van der Waals surface area (Å²) in [5.41, 5.74) is 5.32. The van der Waals surface area contributed by atoms with Crippen LogP contribution in [0.2, 0.25) is 5.02 Å². The van der Waals surface area contributed by atoms with Gasteiger partial charge in [-0.2, -0.15) is 0 Å². The van der Waals surface area contributed by atoms with Crippen LogP contribution >= 0.6 is 24.0 Å². The van der Waals surface area contributed by atoms with Gasteiger partial charge in [0.1, 0.15) is 5.75 Å². The van der Waals surface area contributed by atoms with Gasteiger partial charge in [-0.3, -0.25) is 4.79 Å². The molecular weight excluding hydrogens is 310 g/mol. The van der Waals surface area contributed by atoms with Crippen LogP contribution in [-0.4, -0.2) is 17.4 Å². The lowest BCUT2D eigenvalue weighted by atomic mass is 10.0. The fraction of sp³-hybridized carbons (Fsp3) is 0.300. The molecule has 0 aromatic heterocycles. The molecule has 0 saturated heterocycles. The molecule has 0 amide bonds. The first-order chi connectivity index (χ1) is 8.20. The van der Waals surface area contributed by atoms with Crippen LogP contribution in [0.1, 0.15) is 18.0 Å². The second kappa shape index (κ2) is 6.83. The smallest absolute Gasteiger partial charge is 0.481 e. The number of halogens is 5. The minimum Gasteiger partial charge on any atom is -0.481 e. The predicted molar refractivity (Wildman–Crippen MR) is 64.6 cm³/mol. The van der Waals surface area contributed by atoms with Gasteiger partial charge >= 0.3 is 12.3 Å². The standard InChI is InChI=1S/C10H9ClF3NO3.ClH/c11-5-2-1-3-7(18-10(12,13)14)9(5)6(15)4-8(16)17;/h1-3,6H,4,15H2,(H,16,17);1H. The Morgan fingerprint density at radius 1 is 1.47 bits per heavy atom. The van der Waals surface area contributed by atoms with E-state index in [9.17, 15) is 18.0 Å². The topological polar surface area (TPSA) is 72.6 Å². The van der Waals surface area contributed by atoms with Crippen LogP contribution in [0.5, 0.6) is 5.75 Å². The minimum atomic E-state index is -4.90. The van der Waals surface area contributed by atoms with Crippen molar-refractivity contribution >= 4 is 30.0 Å². The van der Waals surface area contributed by atoms with Gasteiger partial charge in [0.05, 0.1) is 6.42 Å². The zero-order valence-electron chi connectivity index (χ0n) is 9.28. The summed E-state index contributed by atoms with van der Waals surface area (Å²) >= 11 is 5.72. The van der Waals surface area contributed by atoms with Gasteiger partial charge in [0.15, 0.2) is 0 Å². The van der Waals surface area contributed by atoms with Crippen molar-refractivity contribution < 1.29 is 27.8 Å². The fourth-order valence-corrected chi connectivity index (χ4v) is 1.69. The maximum Gasteiger partial charge on any atom is 0.573 e. The quantitative estimate of drug-likeness (QED) is 0.894. The van der Waals surface area contributed by atoms with E-state index in [1.54, 1.807) is 0 Å². The molecule has 0 radical (unpaired) electrons. The monoisotopic (exact) mass is 319 g/mol. The maximum atomic E-state index is 12.2. The highest BCUT2D eigenvalue weighted by Crippen LogP contribution is 2.35. The summed E-state index contributed by atoms with van der Waals surface area (Å²) in [6, 6.07) is 2.40. The first kappa shape index (κ1) is 17.8. The van der Waals surface area contributed by atoms with Crippen molar-refractivity contribution in [1.82, 2.24) is 0 Å². The molecule has 0 saturated carbocycles. The predicted octanol–water partition coefficient (Wildman–Crippen LogP) is 3.13. The molecular formula is C10H10Cl2F3NO3. The molecule has 0 aliphatic heterocycles. The van der Waals surface area contributed by atoms with Crippen molar-refractivity contribution in [1.29, 1.82) is 0 Å². The Balaban J connectivity index is 0.00000324. The molecule has 1 aromatic carbocycles. The Hall–Kier alpha value is -1.18. The molecule has 1 atom stereocenters. The molecule has 0 bridgehead atoms. The Labute approximate surface area is 117 Å². The third kappa shape index (κ3) is 5.54. The number of alkyl halides is 3.